The van der Waals surface area contributed by atoms with Gasteiger partial charge in [0.15, 0.2) is 5.82 Å². The minimum Gasteiger partial charge on any atom is -0.495 e. The highest BCUT2D eigenvalue weighted by atomic mass is 32.1. The predicted molar refractivity (Wildman–Crippen MR) is 97.4 cm³/mol. The van der Waals surface area contributed by atoms with Crippen molar-refractivity contribution in [3.05, 3.63) is 41.9 Å². The summed E-state index contributed by atoms with van der Waals surface area (Å²) in [5.74, 6) is 1.33. The van der Waals surface area contributed by atoms with Crippen LogP contribution in [0.25, 0.3) is 26.0 Å². The quantitative estimate of drug-likeness (QED) is 0.599. The number of benzene rings is 1. The molecule has 6 nitrogen and oxygen atoms in total. The Morgan fingerprint density at radius 2 is 2.08 bits per heavy atom. The lowest BCUT2D eigenvalue weighted by Crippen LogP contribution is -2.05. The summed E-state index contributed by atoms with van der Waals surface area (Å²) in [7, 11) is 1.69. The van der Waals surface area contributed by atoms with Crippen LogP contribution in [0.5, 0.6) is 5.75 Å². The number of rotatable bonds is 3. The van der Waals surface area contributed by atoms with E-state index >= 15 is 0 Å². The average molecular weight is 339 g/mol. The summed E-state index contributed by atoms with van der Waals surface area (Å²) in [4.78, 5) is 5.22. The SMILES string of the molecule is COc1cc(C)cc2cc(-c3cc(CN)n4ncnc(N)c34)sc12. The molecule has 0 spiro atoms. The molecule has 0 amide bonds. The number of fused-ring (bicyclic) bond motifs is 2. The summed E-state index contributed by atoms with van der Waals surface area (Å²) in [5.41, 5.74) is 15.8. The molecule has 1 aromatic carbocycles. The first-order valence-corrected chi connectivity index (χ1v) is 8.33. The number of methoxy groups -OCH3 is 1. The first kappa shape index (κ1) is 14.9. The van der Waals surface area contributed by atoms with Crippen LogP contribution in [0.3, 0.4) is 0 Å². The van der Waals surface area contributed by atoms with Crippen LogP contribution in [-0.2, 0) is 6.54 Å². The number of ether oxygens (including phenoxy) is 1. The van der Waals surface area contributed by atoms with E-state index in [0.717, 1.165) is 43.1 Å². The molecule has 122 valence electrons. The maximum Gasteiger partial charge on any atom is 0.152 e. The molecular weight excluding hydrogens is 322 g/mol. The highest BCUT2D eigenvalue weighted by Crippen LogP contribution is 2.41. The first-order valence-electron chi connectivity index (χ1n) is 7.52. The molecule has 0 atom stereocenters. The van der Waals surface area contributed by atoms with E-state index in [4.69, 9.17) is 16.2 Å². The van der Waals surface area contributed by atoms with E-state index in [1.165, 1.54) is 6.33 Å². The van der Waals surface area contributed by atoms with Gasteiger partial charge in [0.2, 0.25) is 0 Å². The van der Waals surface area contributed by atoms with Crippen LogP contribution in [0.4, 0.5) is 5.82 Å². The van der Waals surface area contributed by atoms with Crippen molar-refractivity contribution in [2.45, 2.75) is 13.5 Å². The van der Waals surface area contributed by atoms with Gasteiger partial charge in [-0.15, -0.1) is 11.3 Å². The Morgan fingerprint density at radius 1 is 1.25 bits per heavy atom. The number of nitrogens with zero attached hydrogens (tertiary/aromatic N) is 3. The number of aromatic nitrogens is 3. The van der Waals surface area contributed by atoms with E-state index in [1.54, 1.807) is 23.0 Å². The van der Waals surface area contributed by atoms with E-state index in [9.17, 15) is 0 Å². The van der Waals surface area contributed by atoms with Crippen LogP contribution < -0.4 is 16.2 Å². The summed E-state index contributed by atoms with van der Waals surface area (Å²) in [6.45, 7) is 2.44. The lowest BCUT2D eigenvalue weighted by Gasteiger charge is -2.02. The van der Waals surface area contributed by atoms with Gasteiger partial charge in [-0.05, 0) is 36.1 Å². The third-order valence-corrected chi connectivity index (χ3v) is 5.28. The van der Waals surface area contributed by atoms with Gasteiger partial charge < -0.3 is 16.2 Å². The Hall–Kier alpha value is -2.64. The van der Waals surface area contributed by atoms with E-state index in [0.29, 0.717) is 12.4 Å². The maximum absolute atomic E-state index is 6.10. The molecule has 3 heterocycles. The number of anilines is 1. The normalized spacial score (nSPS) is 11.5. The molecule has 0 saturated heterocycles. The van der Waals surface area contributed by atoms with Gasteiger partial charge in [0.25, 0.3) is 0 Å². The molecule has 0 aliphatic heterocycles. The topological polar surface area (TPSA) is 91.5 Å². The fourth-order valence-electron chi connectivity index (χ4n) is 3.01. The number of nitrogens with two attached hydrogens (primary N) is 2. The van der Waals surface area contributed by atoms with Crippen molar-refractivity contribution >= 4 is 32.8 Å². The molecule has 0 bridgehead atoms. The summed E-state index contributed by atoms with van der Waals surface area (Å²) in [6.07, 6.45) is 1.45. The van der Waals surface area contributed by atoms with Gasteiger partial charge in [-0.2, -0.15) is 5.10 Å². The summed E-state index contributed by atoms with van der Waals surface area (Å²) < 4.78 is 8.41. The van der Waals surface area contributed by atoms with Gasteiger partial charge in [-0.1, -0.05) is 6.07 Å². The zero-order valence-electron chi connectivity index (χ0n) is 13.4. The fraction of sp³-hybridized carbons (Fsp3) is 0.176. The number of hydrogen-bond acceptors (Lipinski definition) is 6. The number of aryl methyl sites for hydroxylation is 1. The van der Waals surface area contributed by atoms with E-state index in [1.807, 2.05) is 12.1 Å². The van der Waals surface area contributed by atoms with Crippen LogP contribution in [-0.4, -0.2) is 21.7 Å². The van der Waals surface area contributed by atoms with Crippen molar-refractivity contribution in [3.8, 4) is 16.2 Å². The van der Waals surface area contributed by atoms with Crippen molar-refractivity contribution in [2.24, 2.45) is 5.73 Å². The second-order valence-corrected chi connectivity index (χ2v) is 6.71. The van der Waals surface area contributed by atoms with Gasteiger partial charge >= 0.3 is 0 Å². The predicted octanol–water partition coefficient (Wildman–Crippen LogP) is 2.97. The van der Waals surface area contributed by atoms with Gasteiger partial charge in [-0.3, -0.25) is 0 Å². The maximum atomic E-state index is 6.10. The molecule has 0 aliphatic carbocycles. The molecule has 0 saturated carbocycles. The molecule has 7 heteroatoms. The second-order valence-electron chi connectivity index (χ2n) is 5.66. The Morgan fingerprint density at radius 3 is 2.83 bits per heavy atom. The smallest absolute Gasteiger partial charge is 0.152 e. The number of thiophene rings is 1. The average Bonchev–Trinajstić information content (AvgIpc) is 3.15. The number of hydrogen-bond donors (Lipinski definition) is 2. The molecule has 0 radical (unpaired) electrons. The zero-order valence-corrected chi connectivity index (χ0v) is 14.2. The van der Waals surface area contributed by atoms with Crippen molar-refractivity contribution in [2.75, 3.05) is 12.8 Å². The van der Waals surface area contributed by atoms with Crippen molar-refractivity contribution in [1.29, 1.82) is 0 Å². The van der Waals surface area contributed by atoms with Gasteiger partial charge in [-0.25, -0.2) is 9.50 Å². The monoisotopic (exact) mass is 339 g/mol. The molecule has 0 fully saturated rings. The Labute approximate surface area is 142 Å². The largest absolute Gasteiger partial charge is 0.495 e. The minimum absolute atomic E-state index is 0.380. The summed E-state index contributed by atoms with van der Waals surface area (Å²) in [6, 6.07) is 8.38. The lowest BCUT2D eigenvalue weighted by atomic mass is 10.1. The van der Waals surface area contributed by atoms with Crippen LogP contribution in [0.2, 0.25) is 0 Å². The van der Waals surface area contributed by atoms with Crippen LogP contribution in [0.1, 0.15) is 11.3 Å². The van der Waals surface area contributed by atoms with Gasteiger partial charge in [0, 0.05) is 17.0 Å². The summed E-state index contributed by atoms with van der Waals surface area (Å²) in [5, 5.41) is 5.44. The molecule has 24 heavy (non-hydrogen) atoms. The van der Waals surface area contributed by atoms with E-state index in [-0.39, 0.29) is 0 Å². The zero-order chi connectivity index (χ0) is 16.8. The molecular formula is C17H17N5OS. The molecule has 4 N–H and O–H groups in total. The Bertz CT molecular complexity index is 1070. The van der Waals surface area contributed by atoms with Crippen molar-refractivity contribution in [3.63, 3.8) is 0 Å². The third kappa shape index (κ3) is 2.13. The van der Waals surface area contributed by atoms with Crippen molar-refractivity contribution in [1.82, 2.24) is 14.6 Å². The minimum atomic E-state index is 0.380. The molecule has 4 rings (SSSR count). The molecule has 3 aromatic heterocycles. The Balaban J connectivity index is 2.03. The van der Waals surface area contributed by atoms with E-state index < -0.39 is 0 Å². The lowest BCUT2D eigenvalue weighted by molar-refractivity contribution is 0.420. The second kappa shape index (κ2) is 5.47. The highest BCUT2D eigenvalue weighted by molar-refractivity contribution is 7.22. The fourth-order valence-corrected chi connectivity index (χ4v) is 4.16. The van der Waals surface area contributed by atoms with Gasteiger partial charge in [0.05, 0.1) is 17.5 Å². The molecule has 0 aliphatic rings. The number of nitrogen functional groups attached to an aromatic ring is 1. The highest BCUT2D eigenvalue weighted by Gasteiger charge is 2.17. The van der Waals surface area contributed by atoms with Crippen LogP contribution >= 0.6 is 11.3 Å². The first-order chi connectivity index (χ1) is 11.6. The van der Waals surface area contributed by atoms with Crippen LogP contribution in [0, 0.1) is 6.92 Å². The molecule has 0 unspecified atom stereocenters. The van der Waals surface area contributed by atoms with Crippen LogP contribution in [0.15, 0.2) is 30.6 Å². The third-order valence-electron chi connectivity index (χ3n) is 4.08. The standard InChI is InChI=1S/C17H17N5OS/c1-9-3-10-5-14(24-16(10)13(4-9)23-2)12-6-11(7-18)22-15(12)17(19)20-8-21-22/h3-6,8H,7,18H2,1-2H3,(H2,19,20,21). The Kier molecular flexibility index (Phi) is 3.40. The van der Waals surface area contributed by atoms with Gasteiger partial charge in [0.1, 0.15) is 17.6 Å². The van der Waals surface area contributed by atoms with E-state index in [2.05, 4.69) is 29.1 Å². The van der Waals surface area contributed by atoms with Crippen molar-refractivity contribution < 1.29 is 4.74 Å². The molecule has 4 aromatic rings. The summed E-state index contributed by atoms with van der Waals surface area (Å²) >= 11 is 1.67.